The van der Waals surface area contributed by atoms with Gasteiger partial charge in [0.15, 0.2) is 0 Å². The van der Waals surface area contributed by atoms with E-state index in [1.807, 2.05) is 7.05 Å². The van der Waals surface area contributed by atoms with Crippen molar-refractivity contribution in [2.24, 2.45) is 0 Å². The van der Waals surface area contributed by atoms with E-state index in [2.05, 4.69) is 20.8 Å². The molecule has 7 nitrogen and oxygen atoms in total. The smallest absolute Gasteiger partial charge is 0.282 e. The fraction of sp³-hybridized carbons (Fsp3) is 0.562. The second-order valence-corrected chi connectivity index (χ2v) is 9.37. The first-order valence-electron chi connectivity index (χ1n) is 8.47. The van der Waals surface area contributed by atoms with Crippen molar-refractivity contribution in [3.8, 4) is 0 Å². The fourth-order valence-corrected chi connectivity index (χ4v) is 5.07. The SMILES string of the molecule is CN1CCN(S(=O)(=O)N2CCN(C(=O)c3cc(Br)ccc3F)CC2)CC1. The molecule has 1 amide bonds. The zero-order chi connectivity index (χ0) is 18.9. The van der Waals surface area contributed by atoms with Gasteiger partial charge < -0.3 is 9.80 Å². The summed E-state index contributed by atoms with van der Waals surface area (Å²) in [5.41, 5.74) is -0.00486. The number of amides is 1. The van der Waals surface area contributed by atoms with Gasteiger partial charge in [0.05, 0.1) is 5.56 Å². The molecule has 0 N–H and O–H groups in total. The van der Waals surface area contributed by atoms with Crippen molar-refractivity contribution < 1.29 is 17.6 Å². The van der Waals surface area contributed by atoms with Gasteiger partial charge in [-0.2, -0.15) is 17.0 Å². The first-order chi connectivity index (χ1) is 12.3. The number of halogens is 2. The average Bonchev–Trinajstić information content (AvgIpc) is 2.63. The van der Waals surface area contributed by atoms with E-state index < -0.39 is 21.9 Å². The maximum absolute atomic E-state index is 13.9. The third-order valence-corrected chi connectivity index (χ3v) is 7.33. The molecule has 2 heterocycles. The molecule has 0 aromatic heterocycles. The van der Waals surface area contributed by atoms with Crippen LogP contribution in [-0.4, -0.2) is 92.1 Å². The third kappa shape index (κ3) is 4.09. The average molecular weight is 449 g/mol. The Morgan fingerprint density at radius 1 is 1.00 bits per heavy atom. The Kier molecular flexibility index (Phi) is 5.97. The van der Waals surface area contributed by atoms with Crippen LogP contribution in [0.2, 0.25) is 0 Å². The lowest BCUT2D eigenvalue weighted by Gasteiger charge is -2.39. The van der Waals surface area contributed by atoms with Gasteiger partial charge in [0.1, 0.15) is 5.82 Å². The van der Waals surface area contributed by atoms with Crippen LogP contribution in [0.3, 0.4) is 0 Å². The summed E-state index contributed by atoms with van der Waals surface area (Å²) in [4.78, 5) is 16.1. The number of hydrogen-bond donors (Lipinski definition) is 0. The molecule has 3 rings (SSSR count). The van der Waals surface area contributed by atoms with Crippen LogP contribution in [0, 0.1) is 5.82 Å². The van der Waals surface area contributed by atoms with Crippen molar-refractivity contribution in [1.29, 1.82) is 0 Å². The van der Waals surface area contributed by atoms with E-state index in [9.17, 15) is 17.6 Å². The molecule has 2 saturated heterocycles. The molecule has 2 aliphatic rings. The maximum Gasteiger partial charge on any atom is 0.282 e. The van der Waals surface area contributed by atoms with Crippen LogP contribution in [0.5, 0.6) is 0 Å². The van der Waals surface area contributed by atoms with Crippen molar-refractivity contribution in [3.63, 3.8) is 0 Å². The molecular weight excluding hydrogens is 427 g/mol. The fourth-order valence-electron chi connectivity index (χ4n) is 3.14. The predicted octanol–water partition coefficient (Wildman–Crippen LogP) is 0.838. The van der Waals surface area contributed by atoms with Crippen molar-refractivity contribution in [1.82, 2.24) is 18.4 Å². The lowest BCUT2D eigenvalue weighted by molar-refractivity contribution is 0.0687. The minimum atomic E-state index is -3.52. The number of carbonyl (C=O) groups is 1. The topological polar surface area (TPSA) is 64.2 Å². The molecule has 2 fully saturated rings. The van der Waals surface area contributed by atoms with Gasteiger partial charge in [-0.25, -0.2) is 4.39 Å². The van der Waals surface area contributed by atoms with Gasteiger partial charge in [-0.15, -0.1) is 0 Å². The van der Waals surface area contributed by atoms with E-state index in [1.54, 1.807) is 0 Å². The summed E-state index contributed by atoms with van der Waals surface area (Å²) >= 11 is 3.24. The second-order valence-electron chi connectivity index (χ2n) is 6.53. The van der Waals surface area contributed by atoms with Gasteiger partial charge in [0.2, 0.25) is 0 Å². The summed E-state index contributed by atoms with van der Waals surface area (Å²) in [6, 6.07) is 4.23. The zero-order valence-corrected chi connectivity index (χ0v) is 17.0. The van der Waals surface area contributed by atoms with Crippen LogP contribution < -0.4 is 0 Å². The van der Waals surface area contributed by atoms with E-state index in [-0.39, 0.29) is 31.7 Å². The number of carbonyl (C=O) groups excluding carboxylic acids is 1. The third-order valence-electron chi connectivity index (χ3n) is 4.80. The number of nitrogens with zero attached hydrogens (tertiary/aromatic N) is 4. The number of benzene rings is 1. The Balaban J connectivity index is 1.63. The molecule has 0 spiro atoms. The number of piperazine rings is 2. The van der Waals surface area contributed by atoms with Gasteiger partial charge in [-0.3, -0.25) is 4.79 Å². The molecule has 144 valence electrons. The van der Waals surface area contributed by atoms with Gasteiger partial charge in [-0.1, -0.05) is 15.9 Å². The highest BCUT2D eigenvalue weighted by atomic mass is 79.9. The van der Waals surface area contributed by atoms with Crippen LogP contribution in [-0.2, 0) is 10.2 Å². The second kappa shape index (κ2) is 7.89. The lowest BCUT2D eigenvalue weighted by Crippen LogP contribution is -2.57. The zero-order valence-electron chi connectivity index (χ0n) is 14.6. The molecule has 0 unspecified atom stereocenters. The monoisotopic (exact) mass is 448 g/mol. The van der Waals surface area contributed by atoms with Gasteiger partial charge >= 0.3 is 0 Å². The van der Waals surface area contributed by atoms with Crippen LogP contribution in [0.4, 0.5) is 4.39 Å². The minimum absolute atomic E-state index is 0.00486. The molecule has 0 radical (unpaired) electrons. The van der Waals surface area contributed by atoms with E-state index in [0.717, 1.165) is 0 Å². The maximum atomic E-state index is 13.9. The highest BCUT2D eigenvalue weighted by molar-refractivity contribution is 9.10. The van der Waals surface area contributed by atoms with Gasteiger partial charge in [0, 0.05) is 56.8 Å². The van der Waals surface area contributed by atoms with E-state index in [1.165, 1.54) is 31.7 Å². The van der Waals surface area contributed by atoms with Crippen molar-refractivity contribution in [2.75, 3.05) is 59.4 Å². The highest BCUT2D eigenvalue weighted by Crippen LogP contribution is 2.20. The number of likely N-dealkylation sites (N-methyl/N-ethyl adjacent to an activating group) is 1. The Labute approximate surface area is 161 Å². The van der Waals surface area contributed by atoms with E-state index in [4.69, 9.17) is 0 Å². The molecule has 0 saturated carbocycles. The van der Waals surface area contributed by atoms with Gasteiger partial charge in [-0.05, 0) is 25.2 Å². The van der Waals surface area contributed by atoms with E-state index >= 15 is 0 Å². The Morgan fingerprint density at radius 3 is 2.12 bits per heavy atom. The molecule has 1 aromatic carbocycles. The molecule has 0 atom stereocenters. The first-order valence-corrected chi connectivity index (χ1v) is 10.7. The van der Waals surface area contributed by atoms with Crippen molar-refractivity contribution in [2.45, 2.75) is 0 Å². The molecule has 0 bridgehead atoms. The lowest BCUT2D eigenvalue weighted by atomic mass is 10.1. The summed E-state index contributed by atoms with van der Waals surface area (Å²) in [5.74, 6) is -0.994. The standard InChI is InChI=1S/C16H22BrFN4O3S/c1-19-4-8-21(9-5-19)26(24,25)22-10-6-20(7-11-22)16(23)14-12-13(17)2-3-15(14)18/h2-3,12H,4-11H2,1H3. The van der Waals surface area contributed by atoms with Crippen LogP contribution >= 0.6 is 15.9 Å². The predicted molar refractivity (Wildman–Crippen MR) is 99.6 cm³/mol. The Morgan fingerprint density at radius 2 is 1.54 bits per heavy atom. The quantitative estimate of drug-likeness (QED) is 0.686. The first kappa shape index (κ1) is 19.7. The van der Waals surface area contributed by atoms with Crippen molar-refractivity contribution in [3.05, 3.63) is 34.1 Å². The highest BCUT2D eigenvalue weighted by Gasteiger charge is 2.35. The largest absolute Gasteiger partial charge is 0.336 e. The Bertz CT molecular complexity index is 776. The van der Waals surface area contributed by atoms with E-state index in [0.29, 0.717) is 30.7 Å². The van der Waals surface area contributed by atoms with Crippen LogP contribution in [0.25, 0.3) is 0 Å². The molecule has 0 aliphatic carbocycles. The summed E-state index contributed by atoms with van der Waals surface area (Å²) in [6.07, 6.45) is 0. The number of hydrogen-bond acceptors (Lipinski definition) is 4. The minimum Gasteiger partial charge on any atom is -0.336 e. The van der Waals surface area contributed by atoms with Gasteiger partial charge in [0.25, 0.3) is 16.1 Å². The summed E-state index contributed by atoms with van der Waals surface area (Å²) in [5, 5.41) is 0. The Hall–Kier alpha value is -1.07. The van der Waals surface area contributed by atoms with Crippen LogP contribution in [0.15, 0.2) is 22.7 Å². The summed E-state index contributed by atoms with van der Waals surface area (Å²) in [6.45, 7) is 3.30. The molecule has 1 aromatic rings. The normalized spacial score (nSPS) is 21.1. The molecule has 10 heteroatoms. The summed E-state index contributed by atoms with van der Waals surface area (Å²) in [7, 11) is -1.55. The molecule has 2 aliphatic heterocycles. The molecular formula is C16H22BrFN4O3S. The van der Waals surface area contributed by atoms with Crippen LogP contribution in [0.1, 0.15) is 10.4 Å². The number of rotatable bonds is 3. The molecule has 26 heavy (non-hydrogen) atoms. The summed E-state index contributed by atoms with van der Waals surface area (Å²) < 4.78 is 43.0. The van der Waals surface area contributed by atoms with Crippen molar-refractivity contribution >= 4 is 32.0 Å².